The zero-order valence-corrected chi connectivity index (χ0v) is 12.7. The number of nitrogens with two attached hydrogens (primary N) is 1. The van der Waals surface area contributed by atoms with Crippen molar-refractivity contribution >= 4 is 17.3 Å². The van der Waals surface area contributed by atoms with Crippen LogP contribution in [0.1, 0.15) is 19.4 Å². The second-order valence-electron chi connectivity index (χ2n) is 4.87. The van der Waals surface area contributed by atoms with Crippen LogP contribution in [0.4, 0.5) is 10.1 Å². The van der Waals surface area contributed by atoms with Crippen LogP contribution in [0, 0.1) is 5.82 Å². The molecule has 2 rings (SSSR count). The van der Waals surface area contributed by atoms with Gasteiger partial charge in [0.05, 0.1) is 11.8 Å². The lowest BCUT2D eigenvalue weighted by molar-refractivity contribution is 0.228. The highest BCUT2D eigenvalue weighted by atomic mass is 35.5. The Hall–Kier alpha value is -1.94. The van der Waals surface area contributed by atoms with Gasteiger partial charge in [0, 0.05) is 22.7 Å². The summed E-state index contributed by atoms with van der Waals surface area (Å²) in [5, 5.41) is 0.608. The van der Waals surface area contributed by atoms with Gasteiger partial charge in [-0.05, 0) is 19.9 Å². The van der Waals surface area contributed by atoms with Gasteiger partial charge in [-0.15, -0.1) is 0 Å². The molecule has 0 aliphatic heterocycles. The Morgan fingerprint density at radius 2 is 1.90 bits per heavy atom. The summed E-state index contributed by atoms with van der Waals surface area (Å²) in [6.45, 7) is 3.89. The van der Waals surface area contributed by atoms with Crippen LogP contribution >= 0.6 is 11.6 Å². The van der Waals surface area contributed by atoms with Crippen LogP contribution in [0.25, 0.3) is 0 Å². The third-order valence-corrected chi connectivity index (χ3v) is 3.14. The fourth-order valence-electron chi connectivity index (χ4n) is 1.79. The summed E-state index contributed by atoms with van der Waals surface area (Å²) in [5.41, 5.74) is 6.82. The normalized spacial score (nSPS) is 10.7. The molecule has 5 heteroatoms. The van der Waals surface area contributed by atoms with Gasteiger partial charge in [0.2, 0.25) is 0 Å². The second-order valence-corrected chi connectivity index (χ2v) is 5.27. The number of ether oxygens (including phenoxy) is 2. The first-order valence-electron chi connectivity index (χ1n) is 6.59. The number of halogens is 2. The summed E-state index contributed by atoms with van der Waals surface area (Å²) >= 11 is 6.06. The van der Waals surface area contributed by atoms with Gasteiger partial charge in [-0.3, -0.25) is 0 Å². The fourth-order valence-corrected chi connectivity index (χ4v) is 1.98. The topological polar surface area (TPSA) is 44.5 Å². The first-order valence-corrected chi connectivity index (χ1v) is 6.97. The van der Waals surface area contributed by atoms with Crippen molar-refractivity contribution in [2.45, 2.75) is 26.6 Å². The second kappa shape index (κ2) is 6.68. The molecule has 0 aliphatic carbocycles. The van der Waals surface area contributed by atoms with Crippen molar-refractivity contribution in [3.63, 3.8) is 0 Å². The molecule has 3 nitrogen and oxygen atoms in total. The summed E-state index contributed by atoms with van der Waals surface area (Å²) in [7, 11) is 0. The Kier molecular flexibility index (Phi) is 4.91. The quantitative estimate of drug-likeness (QED) is 0.831. The van der Waals surface area contributed by atoms with Crippen LogP contribution in [0.2, 0.25) is 5.02 Å². The fraction of sp³-hybridized carbons (Fsp3) is 0.250. The number of rotatable bonds is 5. The minimum Gasteiger partial charge on any atom is -0.488 e. The van der Waals surface area contributed by atoms with Crippen molar-refractivity contribution in [2.75, 3.05) is 5.73 Å². The molecule has 0 spiro atoms. The molecule has 0 aromatic heterocycles. The molecule has 0 amide bonds. The van der Waals surface area contributed by atoms with Gasteiger partial charge in [-0.25, -0.2) is 4.39 Å². The molecule has 0 saturated carbocycles. The van der Waals surface area contributed by atoms with Gasteiger partial charge in [0.1, 0.15) is 12.4 Å². The van der Waals surface area contributed by atoms with Crippen molar-refractivity contribution in [3.8, 4) is 11.5 Å². The summed E-state index contributed by atoms with van der Waals surface area (Å²) in [5.74, 6) is -0.0216. The van der Waals surface area contributed by atoms with Gasteiger partial charge in [-0.2, -0.15) is 0 Å². The smallest absolute Gasteiger partial charge is 0.167 e. The van der Waals surface area contributed by atoms with Gasteiger partial charge in [0.15, 0.2) is 11.6 Å². The SMILES string of the molecule is CC(C)Oc1cc(OCc2ccccc2Cl)c(N)cc1F. The highest BCUT2D eigenvalue weighted by Crippen LogP contribution is 2.31. The summed E-state index contributed by atoms with van der Waals surface area (Å²) in [6, 6.07) is 9.99. The maximum absolute atomic E-state index is 13.7. The Bertz CT molecular complexity index is 632. The molecule has 2 aromatic rings. The van der Waals surface area contributed by atoms with Crippen LogP contribution in [0.15, 0.2) is 36.4 Å². The monoisotopic (exact) mass is 309 g/mol. The highest BCUT2D eigenvalue weighted by Gasteiger charge is 2.12. The van der Waals surface area contributed by atoms with E-state index in [0.29, 0.717) is 10.8 Å². The van der Waals surface area contributed by atoms with Gasteiger partial charge in [0.25, 0.3) is 0 Å². The van der Waals surface area contributed by atoms with E-state index >= 15 is 0 Å². The number of benzene rings is 2. The Balaban J connectivity index is 2.18. The lowest BCUT2D eigenvalue weighted by Gasteiger charge is -2.15. The van der Waals surface area contributed by atoms with E-state index in [1.807, 2.05) is 32.0 Å². The Morgan fingerprint density at radius 3 is 2.57 bits per heavy atom. The van der Waals surface area contributed by atoms with Gasteiger partial charge >= 0.3 is 0 Å². The molecule has 0 heterocycles. The predicted molar refractivity (Wildman–Crippen MR) is 82.4 cm³/mol. The van der Waals surface area contributed by atoms with Crippen molar-refractivity contribution in [1.82, 2.24) is 0 Å². The molecule has 0 fully saturated rings. The van der Waals surface area contributed by atoms with E-state index in [0.717, 1.165) is 5.56 Å². The lowest BCUT2D eigenvalue weighted by atomic mass is 10.2. The lowest BCUT2D eigenvalue weighted by Crippen LogP contribution is -2.08. The van der Waals surface area contributed by atoms with Crippen LogP contribution in [-0.4, -0.2) is 6.10 Å². The van der Waals surface area contributed by atoms with Crippen LogP contribution < -0.4 is 15.2 Å². The van der Waals surface area contributed by atoms with Crippen molar-refractivity contribution in [2.24, 2.45) is 0 Å². The van der Waals surface area contributed by atoms with Gasteiger partial charge < -0.3 is 15.2 Å². The number of nitrogen functional groups attached to an aromatic ring is 1. The Labute approximate surface area is 128 Å². The minimum absolute atomic E-state index is 0.119. The number of anilines is 1. The predicted octanol–water partition coefficient (Wildman–Crippen LogP) is 4.43. The highest BCUT2D eigenvalue weighted by molar-refractivity contribution is 6.31. The molecule has 0 atom stereocenters. The standard InChI is InChI=1S/C16H17ClFNO2/c1-10(2)21-15-8-16(14(19)7-13(15)18)20-9-11-5-3-4-6-12(11)17/h3-8,10H,9,19H2,1-2H3. The van der Waals surface area contributed by atoms with Crippen LogP contribution in [0.5, 0.6) is 11.5 Å². The largest absolute Gasteiger partial charge is 0.488 e. The van der Waals surface area contributed by atoms with Gasteiger partial charge in [-0.1, -0.05) is 29.8 Å². The first kappa shape index (κ1) is 15.4. The molecule has 2 N–H and O–H groups in total. The average Bonchev–Trinajstić information content (AvgIpc) is 2.41. The van der Waals surface area contributed by atoms with Crippen LogP contribution in [-0.2, 0) is 6.61 Å². The summed E-state index contributed by atoms with van der Waals surface area (Å²) in [4.78, 5) is 0. The van der Waals surface area contributed by atoms with E-state index in [-0.39, 0.29) is 24.1 Å². The average molecular weight is 310 g/mol. The molecular formula is C16H17ClFNO2. The third kappa shape index (κ3) is 4.02. The van der Waals surface area contributed by atoms with E-state index in [1.54, 1.807) is 6.07 Å². The molecular weight excluding hydrogens is 293 g/mol. The zero-order chi connectivity index (χ0) is 15.4. The molecule has 0 radical (unpaired) electrons. The molecule has 0 aliphatic rings. The summed E-state index contributed by atoms with van der Waals surface area (Å²) < 4.78 is 24.7. The van der Waals surface area contributed by atoms with Crippen LogP contribution in [0.3, 0.4) is 0 Å². The number of hydrogen-bond acceptors (Lipinski definition) is 3. The maximum atomic E-state index is 13.7. The molecule has 0 saturated heterocycles. The van der Waals surface area contributed by atoms with E-state index in [9.17, 15) is 4.39 Å². The molecule has 21 heavy (non-hydrogen) atoms. The van der Waals surface area contributed by atoms with E-state index in [4.69, 9.17) is 26.8 Å². The van der Waals surface area contributed by atoms with E-state index < -0.39 is 5.82 Å². The number of hydrogen-bond donors (Lipinski definition) is 1. The first-order chi connectivity index (χ1) is 9.97. The zero-order valence-electron chi connectivity index (χ0n) is 11.9. The molecule has 2 aromatic carbocycles. The van der Waals surface area contributed by atoms with E-state index in [2.05, 4.69) is 0 Å². The molecule has 112 valence electrons. The third-order valence-electron chi connectivity index (χ3n) is 2.77. The molecule has 0 unspecified atom stereocenters. The summed E-state index contributed by atoms with van der Waals surface area (Å²) in [6.07, 6.45) is -0.139. The van der Waals surface area contributed by atoms with Crippen molar-refractivity contribution in [3.05, 3.63) is 52.8 Å². The van der Waals surface area contributed by atoms with E-state index in [1.165, 1.54) is 12.1 Å². The Morgan fingerprint density at radius 1 is 1.19 bits per heavy atom. The molecule has 0 bridgehead atoms. The van der Waals surface area contributed by atoms with Crippen molar-refractivity contribution < 1.29 is 13.9 Å². The maximum Gasteiger partial charge on any atom is 0.167 e. The van der Waals surface area contributed by atoms with Crippen molar-refractivity contribution in [1.29, 1.82) is 0 Å². The minimum atomic E-state index is -0.508.